The monoisotopic (exact) mass is 604 g/mol. The molecule has 0 aliphatic heterocycles. The van der Waals surface area contributed by atoms with Crippen molar-refractivity contribution in [2.24, 2.45) is 0 Å². The number of carbonyl (C=O) groups excluding carboxylic acids is 4. The average Bonchev–Trinajstić information content (AvgIpc) is 2.82. The Morgan fingerprint density at radius 3 is 1.06 bits per heavy atom. The second-order valence-electron chi connectivity index (χ2n) is 6.89. The average molecular weight is 603 g/mol. The van der Waals surface area contributed by atoms with Crippen LogP contribution in [0.5, 0.6) is 0 Å². The SMILES string of the molecule is COC(=O)/C=C\C([O])=O.COC(=O)/C=C\C([O])=O.[CH2]CCCCCCC.[CH2]CCCCCCC.[Sn]. The largest absolute Gasteiger partial charge is 0.466 e. The van der Waals surface area contributed by atoms with E-state index in [9.17, 15) is 29.4 Å². The molecule has 0 bridgehead atoms. The summed E-state index contributed by atoms with van der Waals surface area (Å²) in [5, 5.41) is 19.2. The van der Waals surface area contributed by atoms with Gasteiger partial charge in [-0.25, -0.2) is 29.4 Å². The molecule has 200 valence electrons. The Balaban J connectivity index is -0.000000113. The van der Waals surface area contributed by atoms with Crippen LogP contribution in [0.4, 0.5) is 0 Å². The van der Waals surface area contributed by atoms with Crippen molar-refractivity contribution < 1.29 is 38.9 Å². The van der Waals surface area contributed by atoms with Crippen molar-refractivity contribution in [3.63, 3.8) is 0 Å². The molecule has 0 heterocycles. The summed E-state index contributed by atoms with van der Waals surface area (Å²) in [7, 11) is 2.31. The molecule has 0 spiro atoms. The number of unbranched alkanes of at least 4 members (excludes halogenated alkanes) is 10. The maximum Gasteiger partial charge on any atom is 0.379 e. The van der Waals surface area contributed by atoms with Gasteiger partial charge in [-0.1, -0.05) is 105 Å². The minimum atomic E-state index is -1.42. The first-order chi connectivity index (χ1) is 16.2. The zero-order valence-electron chi connectivity index (χ0n) is 22.0. The van der Waals surface area contributed by atoms with Crippen LogP contribution in [0.25, 0.3) is 0 Å². The molecule has 0 aliphatic carbocycles. The maximum atomic E-state index is 10.1. The normalized spacial score (nSPS) is 9.31. The third kappa shape index (κ3) is 59.6. The summed E-state index contributed by atoms with van der Waals surface area (Å²) in [6.07, 6.45) is 18.7. The summed E-state index contributed by atoms with van der Waals surface area (Å²) in [5.74, 6) is -4.25. The molecule has 0 aliphatic rings. The van der Waals surface area contributed by atoms with Crippen LogP contribution in [0.2, 0.25) is 0 Å². The smallest absolute Gasteiger partial charge is 0.379 e. The van der Waals surface area contributed by atoms with E-state index in [4.69, 9.17) is 0 Å². The Kier molecular flexibility index (Phi) is 48.7. The Hall–Kier alpha value is -1.84. The van der Waals surface area contributed by atoms with Crippen LogP contribution in [-0.2, 0) is 38.9 Å². The summed E-state index contributed by atoms with van der Waals surface area (Å²) in [6, 6.07) is 0. The predicted octanol–water partition coefficient (Wildman–Crippen LogP) is 5.33. The molecule has 0 saturated carbocycles. The molecule has 0 aromatic heterocycles. The number of hydrogen-bond acceptors (Lipinski definition) is 6. The fourth-order valence-corrected chi connectivity index (χ4v) is 1.97. The standard InChI is InChI=1S/2C8H17.2C5H5O4.Sn/c2*1-3-5-7-8-6-4-2;2*1-9-5(8)3-2-4(6)7;/h2*1,3-8H2,2H3;2*2-3H,1H3;/b;;2*3-2-;. The number of rotatable bonds is 14. The molecule has 8 radical (unpaired) electrons. The van der Waals surface area contributed by atoms with Crippen molar-refractivity contribution in [3.8, 4) is 0 Å². The van der Waals surface area contributed by atoms with E-state index in [0.29, 0.717) is 12.2 Å². The zero-order chi connectivity index (χ0) is 27.0. The first-order valence-electron chi connectivity index (χ1n) is 11.7. The van der Waals surface area contributed by atoms with Crippen LogP contribution < -0.4 is 0 Å². The van der Waals surface area contributed by atoms with Crippen molar-refractivity contribution in [3.05, 3.63) is 38.2 Å². The summed E-state index contributed by atoms with van der Waals surface area (Å²) in [5.41, 5.74) is 0. The molecular formula is C26H44O8Sn. The van der Waals surface area contributed by atoms with Crippen molar-refractivity contribution >= 4 is 47.8 Å². The van der Waals surface area contributed by atoms with E-state index in [2.05, 4.69) is 37.2 Å². The van der Waals surface area contributed by atoms with Crippen molar-refractivity contribution in [1.82, 2.24) is 0 Å². The van der Waals surface area contributed by atoms with E-state index in [1.807, 2.05) is 0 Å². The van der Waals surface area contributed by atoms with Crippen molar-refractivity contribution in [2.45, 2.75) is 90.9 Å². The molecule has 0 aromatic carbocycles. The maximum absolute atomic E-state index is 10.1. The quantitative estimate of drug-likeness (QED) is 0.114. The topological polar surface area (TPSA) is 127 Å². The summed E-state index contributed by atoms with van der Waals surface area (Å²) in [4.78, 5) is 39.5. The fraction of sp³-hybridized carbons (Fsp3) is 0.615. The Labute approximate surface area is 229 Å². The van der Waals surface area contributed by atoms with Gasteiger partial charge in [0.25, 0.3) is 0 Å². The Morgan fingerprint density at radius 2 is 0.857 bits per heavy atom. The van der Waals surface area contributed by atoms with Gasteiger partial charge < -0.3 is 9.47 Å². The van der Waals surface area contributed by atoms with E-state index in [0.717, 1.165) is 39.2 Å². The van der Waals surface area contributed by atoms with E-state index in [1.54, 1.807) is 0 Å². The van der Waals surface area contributed by atoms with Crippen LogP contribution in [0, 0.1) is 13.8 Å². The third-order valence-electron chi connectivity index (χ3n) is 3.82. The Bertz CT molecular complexity index is 485. The summed E-state index contributed by atoms with van der Waals surface area (Å²) in [6.45, 7) is 12.0. The van der Waals surface area contributed by atoms with Crippen molar-refractivity contribution in [1.29, 1.82) is 0 Å². The minimum absolute atomic E-state index is 0. The van der Waals surface area contributed by atoms with Gasteiger partial charge in [0.05, 0.1) is 14.2 Å². The van der Waals surface area contributed by atoms with Gasteiger partial charge in [0.15, 0.2) is 0 Å². The minimum Gasteiger partial charge on any atom is -0.466 e. The molecule has 0 N–H and O–H groups in total. The van der Waals surface area contributed by atoms with Crippen LogP contribution in [-0.4, -0.2) is 62.0 Å². The third-order valence-corrected chi connectivity index (χ3v) is 3.82. The fourth-order valence-electron chi connectivity index (χ4n) is 1.97. The van der Waals surface area contributed by atoms with E-state index < -0.39 is 23.9 Å². The van der Waals surface area contributed by atoms with Crippen LogP contribution in [0.3, 0.4) is 0 Å². The van der Waals surface area contributed by atoms with Crippen LogP contribution in [0.1, 0.15) is 90.9 Å². The second-order valence-corrected chi connectivity index (χ2v) is 6.89. The van der Waals surface area contributed by atoms with Gasteiger partial charge in [-0.2, -0.15) is 0 Å². The van der Waals surface area contributed by atoms with Gasteiger partial charge in [0.2, 0.25) is 0 Å². The molecule has 0 saturated heterocycles. The summed E-state index contributed by atoms with van der Waals surface area (Å²) >= 11 is 0. The molecule has 8 nitrogen and oxygen atoms in total. The van der Waals surface area contributed by atoms with Gasteiger partial charge in [-0.3, -0.25) is 0 Å². The molecule has 35 heavy (non-hydrogen) atoms. The van der Waals surface area contributed by atoms with E-state index in [1.165, 1.54) is 64.2 Å². The van der Waals surface area contributed by atoms with Crippen LogP contribution >= 0.6 is 0 Å². The molecule has 0 fully saturated rings. The van der Waals surface area contributed by atoms with E-state index >= 15 is 0 Å². The second kappa shape index (κ2) is 39.4. The molecule has 0 rings (SSSR count). The summed E-state index contributed by atoms with van der Waals surface area (Å²) < 4.78 is 8.17. The number of ether oxygens (including phenoxy) is 2. The van der Waals surface area contributed by atoms with Crippen molar-refractivity contribution in [2.75, 3.05) is 14.2 Å². The first-order valence-corrected chi connectivity index (χ1v) is 11.7. The zero-order valence-corrected chi connectivity index (χ0v) is 24.8. The van der Waals surface area contributed by atoms with Gasteiger partial charge in [-0.15, -0.1) is 0 Å². The predicted molar refractivity (Wildman–Crippen MR) is 137 cm³/mol. The Morgan fingerprint density at radius 1 is 0.571 bits per heavy atom. The molecule has 0 aromatic rings. The van der Waals surface area contributed by atoms with Gasteiger partial charge in [0.1, 0.15) is 0 Å². The molecule has 0 atom stereocenters. The van der Waals surface area contributed by atoms with Gasteiger partial charge in [0, 0.05) is 48.2 Å². The van der Waals surface area contributed by atoms with Crippen LogP contribution in [0.15, 0.2) is 24.3 Å². The van der Waals surface area contributed by atoms with E-state index in [-0.39, 0.29) is 23.9 Å². The number of methoxy groups -OCH3 is 2. The molecule has 0 amide bonds. The number of esters is 2. The van der Waals surface area contributed by atoms with Gasteiger partial charge in [-0.05, 0) is 0 Å². The number of carbonyl (C=O) groups is 4. The van der Waals surface area contributed by atoms with Gasteiger partial charge >= 0.3 is 23.9 Å². The molecule has 0 unspecified atom stereocenters. The molecular weight excluding hydrogens is 559 g/mol. The number of hydrogen-bond donors (Lipinski definition) is 0. The first kappa shape index (κ1) is 43.2. The molecule has 9 heteroatoms.